The molecule has 2 amide bonds. The first-order chi connectivity index (χ1) is 8.47. The number of amides is 2. The van der Waals surface area contributed by atoms with Crippen LogP contribution >= 0.6 is 0 Å². The van der Waals surface area contributed by atoms with Crippen molar-refractivity contribution in [2.75, 3.05) is 0 Å². The molecule has 0 aromatic rings. The van der Waals surface area contributed by atoms with E-state index in [-0.39, 0.29) is 23.8 Å². The van der Waals surface area contributed by atoms with Gasteiger partial charge in [-0.2, -0.15) is 0 Å². The summed E-state index contributed by atoms with van der Waals surface area (Å²) in [4.78, 5) is 26.0. The van der Waals surface area contributed by atoms with Gasteiger partial charge in [-0.3, -0.25) is 9.59 Å². The maximum absolute atomic E-state index is 12.5. The molecule has 0 aliphatic carbocycles. The number of piperazine rings is 1. The van der Waals surface area contributed by atoms with Crippen molar-refractivity contribution in [1.29, 1.82) is 0 Å². The van der Waals surface area contributed by atoms with E-state index in [0.29, 0.717) is 6.42 Å². The zero-order chi connectivity index (χ0) is 13.9. The van der Waals surface area contributed by atoms with Crippen LogP contribution in [0.3, 0.4) is 0 Å². The third-order valence-corrected chi connectivity index (χ3v) is 3.74. The number of carbonyl (C=O) groups is 2. The summed E-state index contributed by atoms with van der Waals surface area (Å²) in [5, 5.41) is 2.80. The summed E-state index contributed by atoms with van der Waals surface area (Å²) in [6.07, 6.45) is 6.96. The molecule has 1 heterocycles. The van der Waals surface area contributed by atoms with Gasteiger partial charge in [0.05, 0.1) is 6.04 Å². The quantitative estimate of drug-likeness (QED) is 0.761. The van der Waals surface area contributed by atoms with E-state index in [1.54, 1.807) is 11.8 Å². The minimum atomic E-state index is -0.487. The summed E-state index contributed by atoms with van der Waals surface area (Å²) in [5.41, 5.74) is 0. The minimum absolute atomic E-state index is 0.0544. The van der Waals surface area contributed by atoms with Crippen LogP contribution in [0.4, 0.5) is 0 Å². The fraction of sp³-hybridized carbons (Fsp3) is 0.714. The molecule has 4 nitrogen and oxygen atoms in total. The van der Waals surface area contributed by atoms with Gasteiger partial charge in [0, 0.05) is 0 Å². The average Bonchev–Trinajstić information content (AvgIpc) is 2.37. The highest BCUT2D eigenvalue weighted by Gasteiger charge is 2.42. The van der Waals surface area contributed by atoms with Gasteiger partial charge < -0.3 is 10.2 Å². The second kappa shape index (κ2) is 5.90. The number of carbonyl (C=O) groups excluding carboxylic acids is 2. The molecular weight excluding hydrogens is 228 g/mol. The number of hydrogen-bond donors (Lipinski definition) is 1. The SMILES string of the molecule is C#CC(CC)N1C(=O)C(C(C)CC)NC(=O)C1C. The van der Waals surface area contributed by atoms with Gasteiger partial charge in [-0.15, -0.1) is 6.42 Å². The largest absolute Gasteiger partial charge is 0.342 e. The van der Waals surface area contributed by atoms with Crippen LogP contribution in [0.25, 0.3) is 0 Å². The molecule has 4 atom stereocenters. The van der Waals surface area contributed by atoms with E-state index < -0.39 is 12.1 Å². The minimum Gasteiger partial charge on any atom is -0.342 e. The third kappa shape index (κ3) is 2.50. The molecule has 1 fully saturated rings. The number of terminal acetylenes is 1. The van der Waals surface area contributed by atoms with Crippen molar-refractivity contribution in [3.05, 3.63) is 0 Å². The highest BCUT2D eigenvalue weighted by molar-refractivity contribution is 5.97. The summed E-state index contributed by atoms with van der Waals surface area (Å²) in [6.45, 7) is 7.62. The first-order valence-electron chi connectivity index (χ1n) is 6.56. The van der Waals surface area contributed by atoms with Gasteiger partial charge in [0.25, 0.3) is 0 Å². The Hall–Kier alpha value is -1.50. The van der Waals surface area contributed by atoms with Crippen molar-refractivity contribution in [3.63, 3.8) is 0 Å². The molecule has 1 N–H and O–H groups in total. The van der Waals surface area contributed by atoms with Crippen LogP contribution in [0.2, 0.25) is 0 Å². The monoisotopic (exact) mass is 250 g/mol. The van der Waals surface area contributed by atoms with Crippen molar-refractivity contribution >= 4 is 11.8 Å². The molecule has 0 aromatic heterocycles. The Kier molecular flexibility index (Phi) is 4.77. The molecular formula is C14H22N2O2. The maximum atomic E-state index is 12.5. The predicted molar refractivity (Wildman–Crippen MR) is 70.6 cm³/mol. The Labute approximate surface area is 109 Å². The van der Waals surface area contributed by atoms with Crippen molar-refractivity contribution in [2.24, 2.45) is 5.92 Å². The highest BCUT2D eigenvalue weighted by Crippen LogP contribution is 2.20. The lowest BCUT2D eigenvalue weighted by atomic mass is 9.93. The predicted octanol–water partition coefficient (Wildman–Crippen LogP) is 1.16. The lowest BCUT2D eigenvalue weighted by Crippen LogP contribution is -2.66. The van der Waals surface area contributed by atoms with Gasteiger partial charge in [-0.1, -0.05) is 33.1 Å². The molecule has 1 aliphatic rings. The number of rotatable bonds is 4. The van der Waals surface area contributed by atoms with Gasteiger partial charge >= 0.3 is 0 Å². The molecule has 0 saturated carbocycles. The van der Waals surface area contributed by atoms with Crippen molar-refractivity contribution < 1.29 is 9.59 Å². The Balaban J connectivity index is 3.03. The zero-order valence-corrected chi connectivity index (χ0v) is 11.6. The molecule has 0 bridgehead atoms. The van der Waals surface area contributed by atoms with Gasteiger partial charge in [0.1, 0.15) is 12.1 Å². The number of nitrogens with one attached hydrogen (secondary N) is 1. The molecule has 0 aromatic carbocycles. The Morgan fingerprint density at radius 3 is 2.44 bits per heavy atom. The molecule has 4 heteroatoms. The Morgan fingerprint density at radius 2 is 2.00 bits per heavy atom. The fourth-order valence-corrected chi connectivity index (χ4v) is 2.25. The normalized spacial score (nSPS) is 27.4. The topological polar surface area (TPSA) is 49.4 Å². The lowest BCUT2D eigenvalue weighted by molar-refractivity contribution is -0.151. The van der Waals surface area contributed by atoms with E-state index in [1.165, 1.54) is 0 Å². The van der Waals surface area contributed by atoms with Crippen LogP contribution in [0.5, 0.6) is 0 Å². The summed E-state index contributed by atoms with van der Waals surface area (Å²) >= 11 is 0. The van der Waals surface area contributed by atoms with E-state index >= 15 is 0 Å². The van der Waals surface area contributed by atoms with E-state index in [1.807, 2.05) is 20.8 Å². The van der Waals surface area contributed by atoms with Crippen molar-refractivity contribution in [2.45, 2.75) is 58.7 Å². The smallest absolute Gasteiger partial charge is 0.247 e. The van der Waals surface area contributed by atoms with Crippen molar-refractivity contribution in [1.82, 2.24) is 10.2 Å². The van der Waals surface area contributed by atoms with Crippen LogP contribution in [0.15, 0.2) is 0 Å². The van der Waals surface area contributed by atoms with Crippen LogP contribution in [-0.4, -0.2) is 34.8 Å². The molecule has 1 rings (SSSR count). The Morgan fingerprint density at radius 1 is 1.39 bits per heavy atom. The molecule has 4 unspecified atom stereocenters. The summed E-state index contributed by atoms with van der Waals surface area (Å²) in [5.74, 6) is 2.55. The number of hydrogen-bond acceptors (Lipinski definition) is 2. The van der Waals surface area contributed by atoms with E-state index in [4.69, 9.17) is 6.42 Å². The Bertz CT molecular complexity index is 372. The third-order valence-electron chi connectivity index (χ3n) is 3.74. The summed E-state index contributed by atoms with van der Waals surface area (Å²) in [7, 11) is 0. The first kappa shape index (κ1) is 14.6. The zero-order valence-electron chi connectivity index (χ0n) is 11.6. The first-order valence-corrected chi connectivity index (χ1v) is 6.56. The molecule has 0 spiro atoms. The summed E-state index contributed by atoms with van der Waals surface area (Å²) in [6, 6.07) is -1.23. The summed E-state index contributed by atoms with van der Waals surface area (Å²) < 4.78 is 0. The molecule has 18 heavy (non-hydrogen) atoms. The lowest BCUT2D eigenvalue weighted by Gasteiger charge is -2.41. The maximum Gasteiger partial charge on any atom is 0.247 e. The van der Waals surface area contributed by atoms with Crippen LogP contribution in [0.1, 0.15) is 40.5 Å². The fourth-order valence-electron chi connectivity index (χ4n) is 2.25. The van der Waals surface area contributed by atoms with E-state index in [9.17, 15) is 9.59 Å². The highest BCUT2D eigenvalue weighted by atomic mass is 16.2. The molecule has 1 saturated heterocycles. The van der Waals surface area contributed by atoms with Gasteiger partial charge in [-0.05, 0) is 19.3 Å². The van der Waals surface area contributed by atoms with Crippen LogP contribution < -0.4 is 5.32 Å². The standard InChI is InChI=1S/C14H22N2O2/c1-6-9(4)12-14(18)16(11(7-2)8-3)10(5)13(17)15-12/h2,9-12H,6,8H2,1,3-5H3,(H,15,17). The van der Waals surface area contributed by atoms with Gasteiger partial charge in [0.2, 0.25) is 11.8 Å². The van der Waals surface area contributed by atoms with Crippen LogP contribution in [0, 0.1) is 18.3 Å². The van der Waals surface area contributed by atoms with Crippen molar-refractivity contribution in [3.8, 4) is 12.3 Å². The second-order valence-electron chi connectivity index (χ2n) is 4.88. The second-order valence-corrected chi connectivity index (χ2v) is 4.88. The van der Waals surface area contributed by atoms with E-state index in [0.717, 1.165) is 6.42 Å². The molecule has 1 aliphatic heterocycles. The number of nitrogens with zero attached hydrogens (tertiary/aromatic N) is 1. The van der Waals surface area contributed by atoms with E-state index in [2.05, 4.69) is 11.2 Å². The van der Waals surface area contributed by atoms with Gasteiger partial charge in [-0.25, -0.2) is 0 Å². The molecule has 100 valence electrons. The molecule has 0 radical (unpaired) electrons. The van der Waals surface area contributed by atoms with Crippen LogP contribution in [-0.2, 0) is 9.59 Å². The average molecular weight is 250 g/mol. The van der Waals surface area contributed by atoms with Gasteiger partial charge in [0.15, 0.2) is 0 Å².